The molecular formula is C12H19F2N3O. The van der Waals surface area contributed by atoms with Crippen molar-refractivity contribution in [1.29, 1.82) is 0 Å². The van der Waals surface area contributed by atoms with E-state index >= 15 is 0 Å². The van der Waals surface area contributed by atoms with Gasteiger partial charge in [-0.2, -0.15) is 4.98 Å². The topological polar surface area (TPSA) is 47.0 Å². The highest BCUT2D eigenvalue weighted by Gasteiger charge is 2.13. The summed E-state index contributed by atoms with van der Waals surface area (Å²) in [5.41, 5.74) is 0.664. The molecule has 0 aromatic carbocycles. The summed E-state index contributed by atoms with van der Waals surface area (Å²) < 4.78 is 29.4. The molecule has 0 radical (unpaired) electrons. The van der Waals surface area contributed by atoms with E-state index in [1.54, 1.807) is 6.92 Å². The van der Waals surface area contributed by atoms with Crippen LogP contribution in [-0.2, 0) is 6.42 Å². The molecule has 0 spiro atoms. The second kappa shape index (κ2) is 7.08. The fourth-order valence-electron chi connectivity index (χ4n) is 1.50. The molecule has 1 aromatic heterocycles. The molecule has 1 N–H and O–H groups in total. The SMILES string of the molecule is CCCc1nc(NCC)c(C)c(OCC(F)F)n1. The van der Waals surface area contributed by atoms with Gasteiger partial charge in [-0.15, -0.1) is 0 Å². The largest absolute Gasteiger partial charge is 0.471 e. The van der Waals surface area contributed by atoms with E-state index in [2.05, 4.69) is 15.3 Å². The van der Waals surface area contributed by atoms with Crippen LogP contribution in [0.1, 0.15) is 31.7 Å². The molecule has 0 saturated carbocycles. The van der Waals surface area contributed by atoms with Crippen molar-refractivity contribution >= 4 is 5.82 Å². The van der Waals surface area contributed by atoms with Gasteiger partial charge in [0.25, 0.3) is 6.43 Å². The molecule has 18 heavy (non-hydrogen) atoms. The van der Waals surface area contributed by atoms with Crippen LogP contribution < -0.4 is 10.1 Å². The average Bonchev–Trinajstić information content (AvgIpc) is 2.32. The zero-order valence-electron chi connectivity index (χ0n) is 11.0. The van der Waals surface area contributed by atoms with Crippen molar-refractivity contribution in [2.45, 2.75) is 40.0 Å². The van der Waals surface area contributed by atoms with E-state index < -0.39 is 13.0 Å². The summed E-state index contributed by atoms with van der Waals surface area (Å²) in [7, 11) is 0. The first-order valence-electron chi connectivity index (χ1n) is 6.10. The Morgan fingerprint density at radius 1 is 1.28 bits per heavy atom. The Morgan fingerprint density at radius 2 is 2.00 bits per heavy atom. The van der Waals surface area contributed by atoms with Crippen LogP contribution >= 0.6 is 0 Å². The highest BCUT2D eigenvalue weighted by Crippen LogP contribution is 2.22. The molecule has 4 nitrogen and oxygen atoms in total. The first-order valence-corrected chi connectivity index (χ1v) is 6.10. The Balaban J connectivity index is 2.97. The van der Waals surface area contributed by atoms with Gasteiger partial charge in [0.1, 0.15) is 11.6 Å². The van der Waals surface area contributed by atoms with E-state index in [0.29, 0.717) is 30.2 Å². The molecule has 0 aliphatic carbocycles. The Bertz CT molecular complexity index is 386. The zero-order valence-corrected chi connectivity index (χ0v) is 11.0. The third-order valence-corrected chi connectivity index (χ3v) is 2.31. The summed E-state index contributed by atoms with van der Waals surface area (Å²) in [5, 5.41) is 3.08. The average molecular weight is 259 g/mol. The van der Waals surface area contributed by atoms with E-state index in [1.807, 2.05) is 13.8 Å². The third-order valence-electron chi connectivity index (χ3n) is 2.31. The number of nitrogens with zero attached hydrogens (tertiary/aromatic N) is 2. The monoisotopic (exact) mass is 259 g/mol. The van der Waals surface area contributed by atoms with Crippen LogP contribution in [0.15, 0.2) is 0 Å². The lowest BCUT2D eigenvalue weighted by Crippen LogP contribution is -2.13. The summed E-state index contributed by atoms with van der Waals surface area (Å²) in [6.45, 7) is 5.78. The van der Waals surface area contributed by atoms with E-state index in [9.17, 15) is 8.78 Å². The van der Waals surface area contributed by atoms with Crippen molar-refractivity contribution in [2.24, 2.45) is 0 Å². The number of hydrogen-bond donors (Lipinski definition) is 1. The first-order chi connectivity index (χ1) is 8.58. The van der Waals surface area contributed by atoms with E-state index in [-0.39, 0.29) is 5.88 Å². The predicted octanol–water partition coefficient (Wildman–Crippen LogP) is 2.81. The van der Waals surface area contributed by atoms with Crippen LogP contribution in [0.25, 0.3) is 0 Å². The smallest absolute Gasteiger partial charge is 0.272 e. The van der Waals surface area contributed by atoms with Gasteiger partial charge in [0.15, 0.2) is 6.61 Å². The Kier molecular flexibility index (Phi) is 5.74. The molecule has 0 atom stereocenters. The van der Waals surface area contributed by atoms with Crippen molar-refractivity contribution in [3.05, 3.63) is 11.4 Å². The van der Waals surface area contributed by atoms with Gasteiger partial charge in [-0.1, -0.05) is 6.92 Å². The van der Waals surface area contributed by atoms with Crippen molar-refractivity contribution in [3.8, 4) is 5.88 Å². The number of aryl methyl sites for hydroxylation is 1. The van der Waals surface area contributed by atoms with Gasteiger partial charge in [-0.25, -0.2) is 13.8 Å². The van der Waals surface area contributed by atoms with Crippen molar-refractivity contribution in [2.75, 3.05) is 18.5 Å². The minimum Gasteiger partial charge on any atom is -0.471 e. The van der Waals surface area contributed by atoms with Gasteiger partial charge >= 0.3 is 0 Å². The predicted molar refractivity (Wildman–Crippen MR) is 66.4 cm³/mol. The van der Waals surface area contributed by atoms with Crippen LogP contribution in [0, 0.1) is 6.92 Å². The van der Waals surface area contributed by atoms with Crippen LogP contribution in [0.2, 0.25) is 0 Å². The third kappa shape index (κ3) is 4.09. The number of alkyl halides is 2. The van der Waals surface area contributed by atoms with E-state index in [0.717, 1.165) is 6.42 Å². The van der Waals surface area contributed by atoms with Gasteiger partial charge in [-0.3, -0.25) is 0 Å². The summed E-state index contributed by atoms with van der Waals surface area (Å²) in [6, 6.07) is 0. The summed E-state index contributed by atoms with van der Waals surface area (Å²) in [4.78, 5) is 8.52. The molecule has 1 aromatic rings. The molecule has 0 fully saturated rings. The van der Waals surface area contributed by atoms with Gasteiger partial charge in [-0.05, 0) is 20.3 Å². The highest BCUT2D eigenvalue weighted by molar-refractivity contribution is 5.48. The molecule has 1 rings (SSSR count). The number of halogens is 2. The second-order valence-electron chi connectivity index (χ2n) is 3.90. The van der Waals surface area contributed by atoms with Crippen LogP contribution in [0.3, 0.4) is 0 Å². The molecule has 0 unspecified atom stereocenters. The standard InChI is InChI=1S/C12H19F2N3O/c1-4-6-10-16-11(15-5-2)8(3)12(17-10)18-7-9(13)14/h9H,4-7H2,1-3H3,(H,15,16,17). The number of anilines is 1. The summed E-state index contributed by atoms with van der Waals surface area (Å²) in [6.07, 6.45) is -0.913. The Labute approximate surface area is 106 Å². The van der Waals surface area contributed by atoms with Crippen LogP contribution in [-0.4, -0.2) is 29.5 Å². The maximum absolute atomic E-state index is 12.2. The summed E-state index contributed by atoms with van der Waals surface area (Å²) in [5.74, 6) is 1.51. The number of aromatic nitrogens is 2. The van der Waals surface area contributed by atoms with E-state index in [1.165, 1.54) is 0 Å². The normalized spacial score (nSPS) is 10.8. The molecule has 1 heterocycles. The lowest BCUT2D eigenvalue weighted by atomic mass is 10.2. The fourth-order valence-corrected chi connectivity index (χ4v) is 1.50. The lowest BCUT2D eigenvalue weighted by molar-refractivity contribution is 0.0790. The van der Waals surface area contributed by atoms with Gasteiger partial charge < -0.3 is 10.1 Å². The number of nitrogens with one attached hydrogen (secondary N) is 1. The number of rotatable bonds is 7. The molecule has 0 aliphatic heterocycles. The maximum Gasteiger partial charge on any atom is 0.272 e. The molecule has 0 aliphatic rings. The minimum absolute atomic E-state index is 0.240. The number of ether oxygens (including phenoxy) is 1. The van der Waals surface area contributed by atoms with Crippen LogP contribution in [0.5, 0.6) is 5.88 Å². The highest BCUT2D eigenvalue weighted by atomic mass is 19.3. The van der Waals surface area contributed by atoms with Crippen LogP contribution in [0.4, 0.5) is 14.6 Å². The first kappa shape index (κ1) is 14.6. The number of hydrogen-bond acceptors (Lipinski definition) is 4. The quantitative estimate of drug-likeness (QED) is 0.818. The van der Waals surface area contributed by atoms with Crippen molar-refractivity contribution in [1.82, 2.24) is 9.97 Å². The molecule has 6 heteroatoms. The van der Waals surface area contributed by atoms with E-state index in [4.69, 9.17) is 4.74 Å². The van der Waals surface area contributed by atoms with Gasteiger partial charge in [0.05, 0.1) is 5.56 Å². The molecule has 0 saturated heterocycles. The maximum atomic E-state index is 12.2. The molecule has 102 valence electrons. The molecular weight excluding hydrogens is 240 g/mol. The molecule has 0 bridgehead atoms. The lowest BCUT2D eigenvalue weighted by Gasteiger charge is -2.13. The van der Waals surface area contributed by atoms with Crippen molar-refractivity contribution in [3.63, 3.8) is 0 Å². The summed E-state index contributed by atoms with van der Waals surface area (Å²) >= 11 is 0. The van der Waals surface area contributed by atoms with Gasteiger partial charge in [0.2, 0.25) is 5.88 Å². The fraction of sp³-hybridized carbons (Fsp3) is 0.667. The minimum atomic E-state index is -2.50. The second-order valence-corrected chi connectivity index (χ2v) is 3.90. The Hall–Kier alpha value is -1.46. The van der Waals surface area contributed by atoms with Gasteiger partial charge in [0, 0.05) is 13.0 Å². The zero-order chi connectivity index (χ0) is 13.5. The van der Waals surface area contributed by atoms with Crippen molar-refractivity contribution < 1.29 is 13.5 Å². The Morgan fingerprint density at radius 3 is 2.56 bits per heavy atom. The molecule has 0 amide bonds.